The standard InChI is InChI=1S/C15H16O2/c1-3-12-16-15(17-13-4-2)11-10-14-8-6-5-7-9-14/h3-9,15H,1-2,12-13H2. The first-order valence-electron chi connectivity index (χ1n) is 5.38. The van der Waals surface area contributed by atoms with E-state index >= 15 is 0 Å². The van der Waals surface area contributed by atoms with Crippen LogP contribution in [0, 0.1) is 11.8 Å². The van der Waals surface area contributed by atoms with E-state index in [0.717, 1.165) is 5.56 Å². The van der Waals surface area contributed by atoms with Crippen LogP contribution in [0.25, 0.3) is 0 Å². The minimum atomic E-state index is -0.550. The van der Waals surface area contributed by atoms with E-state index in [4.69, 9.17) is 9.47 Å². The summed E-state index contributed by atoms with van der Waals surface area (Å²) in [5, 5.41) is 0. The van der Waals surface area contributed by atoms with Gasteiger partial charge in [-0.2, -0.15) is 0 Å². The van der Waals surface area contributed by atoms with Gasteiger partial charge in [0.1, 0.15) is 0 Å². The topological polar surface area (TPSA) is 18.5 Å². The fourth-order valence-corrected chi connectivity index (χ4v) is 1.11. The van der Waals surface area contributed by atoms with E-state index in [2.05, 4.69) is 25.0 Å². The van der Waals surface area contributed by atoms with Crippen LogP contribution in [0.3, 0.4) is 0 Å². The minimum absolute atomic E-state index is 0.408. The van der Waals surface area contributed by atoms with Gasteiger partial charge in [-0.05, 0) is 18.1 Å². The summed E-state index contributed by atoms with van der Waals surface area (Å²) in [4.78, 5) is 0. The summed E-state index contributed by atoms with van der Waals surface area (Å²) in [6.45, 7) is 7.98. The van der Waals surface area contributed by atoms with E-state index in [9.17, 15) is 0 Å². The van der Waals surface area contributed by atoms with Gasteiger partial charge in [0.2, 0.25) is 6.29 Å². The zero-order valence-electron chi connectivity index (χ0n) is 9.76. The van der Waals surface area contributed by atoms with Crippen molar-refractivity contribution in [2.24, 2.45) is 0 Å². The Morgan fingerprint density at radius 3 is 2.18 bits per heavy atom. The molecule has 0 saturated carbocycles. The van der Waals surface area contributed by atoms with Gasteiger partial charge in [0.15, 0.2) is 0 Å². The molecule has 0 amide bonds. The highest BCUT2D eigenvalue weighted by Gasteiger charge is 2.02. The van der Waals surface area contributed by atoms with Crippen molar-refractivity contribution in [3.8, 4) is 11.8 Å². The molecule has 0 saturated heterocycles. The van der Waals surface area contributed by atoms with Crippen LogP contribution >= 0.6 is 0 Å². The molecular weight excluding hydrogens is 212 g/mol. The lowest BCUT2D eigenvalue weighted by Crippen LogP contribution is -2.15. The molecule has 0 fully saturated rings. The fourth-order valence-electron chi connectivity index (χ4n) is 1.11. The molecule has 0 spiro atoms. The Bertz CT molecular complexity index is 386. The van der Waals surface area contributed by atoms with Gasteiger partial charge in [0, 0.05) is 5.56 Å². The van der Waals surface area contributed by atoms with Crippen LogP contribution in [-0.4, -0.2) is 19.5 Å². The number of hydrogen-bond acceptors (Lipinski definition) is 2. The van der Waals surface area contributed by atoms with Crippen LogP contribution in [0.1, 0.15) is 5.56 Å². The molecule has 2 heteroatoms. The average molecular weight is 228 g/mol. The molecule has 1 aromatic carbocycles. The Hall–Kier alpha value is -1.82. The van der Waals surface area contributed by atoms with Crippen molar-refractivity contribution in [1.82, 2.24) is 0 Å². The molecule has 1 aromatic rings. The quantitative estimate of drug-likeness (QED) is 0.423. The molecule has 0 aromatic heterocycles. The van der Waals surface area contributed by atoms with Gasteiger partial charge in [0.05, 0.1) is 13.2 Å². The third-order valence-electron chi connectivity index (χ3n) is 1.84. The van der Waals surface area contributed by atoms with Crippen molar-refractivity contribution < 1.29 is 9.47 Å². The molecule has 17 heavy (non-hydrogen) atoms. The van der Waals surface area contributed by atoms with Crippen molar-refractivity contribution in [3.05, 3.63) is 61.2 Å². The van der Waals surface area contributed by atoms with Crippen molar-refractivity contribution in [2.75, 3.05) is 13.2 Å². The predicted octanol–water partition coefficient (Wildman–Crippen LogP) is 2.77. The zero-order chi connectivity index (χ0) is 12.3. The van der Waals surface area contributed by atoms with Crippen molar-refractivity contribution >= 4 is 0 Å². The second kappa shape index (κ2) is 8.35. The van der Waals surface area contributed by atoms with E-state index in [-0.39, 0.29) is 0 Å². The third-order valence-corrected chi connectivity index (χ3v) is 1.84. The first kappa shape index (κ1) is 13.2. The van der Waals surface area contributed by atoms with Crippen LogP contribution in [0.15, 0.2) is 55.6 Å². The Kier molecular flexibility index (Phi) is 6.50. The van der Waals surface area contributed by atoms with Gasteiger partial charge < -0.3 is 9.47 Å². The molecular formula is C15H16O2. The Balaban J connectivity index is 2.61. The SMILES string of the molecule is C=CCOC(C#Cc1ccccc1)OCC=C. The molecule has 0 bridgehead atoms. The normalized spacial score (nSPS) is 9.47. The molecule has 0 N–H and O–H groups in total. The fraction of sp³-hybridized carbons (Fsp3) is 0.200. The number of rotatable bonds is 6. The maximum atomic E-state index is 5.35. The van der Waals surface area contributed by atoms with E-state index in [1.807, 2.05) is 30.3 Å². The molecule has 0 aliphatic carbocycles. The van der Waals surface area contributed by atoms with E-state index in [1.54, 1.807) is 12.2 Å². The lowest BCUT2D eigenvalue weighted by Gasteiger charge is -2.10. The third kappa shape index (κ3) is 5.72. The second-order valence-corrected chi connectivity index (χ2v) is 3.21. The first-order chi connectivity index (χ1) is 8.36. The Morgan fingerprint density at radius 2 is 1.65 bits per heavy atom. The summed E-state index contributed by atoms with van der Waals surface area (Å²) in [5.74, 6) is 5.91. The highest BCUT2D eigenvalue weighted by molar-refractivity contribution is 5.34. The first-order valence-corrected chi connectivity index (χ1v) is 5.38. The summed E-state index contributed by atoms with van der Waals surface area (Å²) in [7, 11) is 0. The highest BCUT2D eigenvalue weighted by atomic mass is 16.7. The Labute approximate surface area is 103 Å². The van der Waals surface area contributed by atoms with Crippen LogP contribution in [0.4, 0.5) is 0 Å². The zero-order valence-corrected chi connectivity index (χ0v) is 9.76. The molecule has 2 nitrogen and oxygen atoms in total. The van der Waals surface area contributed by atoms with Gasteiger partial charge in [-0.3, -0.25) is 0 Å². The van der Waals surface area contributed by atoms with Gasteiger partial charge >= 0.3 is 0 Å². The van der Waals surface area contributed by atoms with Gasteiger partial charge in [-0.25, -0.2) is 0 Å². The molecule has 88 valence electrons. The van der Waals surface area contributed by atoms with Gasteiger partial charge in [-0.15, -0.1) is 13.2 Å². The largest absolute Gasteiger partial charge is 0.338 e. The van der Waals surface area contributed by atoms with Crippen LogP contribution in [-0.2, 0) is 9.47 Å². The van der Waals surface area contributed by atoms with E-state index < -0.39 is 6.29 Å². The van der Waals surface area contributed by atoms with Crippen LogP contribution in [0.2, 0.25) is 0 Å². The molecule has 0 heterocycles. The summed E-state index contributed by atoms with van der Waals surface area (Å²) >= 11 is 0. The maximum absolute atomic E-state index is 5.35. The minimum Gasteiger partial charge on any atom is -0.338 e. The number of benzene rings is 1. The molecule has 0 unspecified atom stereocenters. The van der Waals surface area contributed by atoms with Crippen molar-refractivity contribution in [3.63, 3.8) is 0 Å². The summed E-state index contributed by atoms with van der Waals surface area (Å²) in [6, 6.07) is 9.70. The van der Waals surface area contributed by atoms with Crippen LogP contribution in [0.5, 0.6) is 0 Å². The highest BCUT2D eigenvalue weighted by Crippen LogP contribution is 1.98. The van der Waals surface area contributed by atoms with E-state index in [0.29, 0.717) is 13.2 Å². The van der Waals surface area contributed by atoms with Crippen molar-refractivity contribution in [1.29, 1.82) is 0 Å². The van der Waals surface area contributed by atoms with Gasteiger partial charge in [-0.1, -0.05) is 36.3 Å². The summed E-state index contributed by atoms with van der Waals surface area (Å²) < 4.78 is 10.7. The van der Waals surface area contributed by atoms with Gasteiger partial charge in [0.25, 0.3) is 0 Å². The Morgan fingerprint density at radius 1 is 1.06 bits per heavy atom. The summed E-state index contributed by atoms with van der Waals surface area (Å²) in [6.07, 6.45) is 2.77. The lowest BCUT2D eigenvalue weighted by molar-refractivity contribution is -0.0868. The molecule has 0 aliphatic heterocycles. The molecule has 0 atom stereocenters. The average Bonchev–Trinajstić information content (AvgIpc) is 2.39. The molecule has 0 radical (unpaired) electrons. The maximum Gasteiger partial charge on any atom is 0.223 e. The van der Waals surface area contributed by atoms with E-state index in [1.165, 1.54) is 0 Å². The second-order valence-electron chi connectivity index (χ2n) is 3.21. The number of hydrogen-bond donors (Lipinski definition) is 0. The monoisotopic (exact) mass is 228 g/mol. The number of ether oxygens (including phenoxy) is 2. The van der Waals surface area contributed by atoms with Crippen molar-refractivity contribution in [2.45, 2.75) is 6.29 Å². The lowest BCUT2D eigenvalue weighted by atomic mass is 10.2. The smallest absolute Gasteiger partial charge is 0.223 e. The molecule has 0 aliphatic rings. The summed E-state index contributed by atoms with van der Waals surface area (Å²) in [5.41, 5.74) is 0.932. The predicted molar refractivity (Wildman–Crippen MR) is 69.4 cm³/mol. The molecule has 1 rings (SSSR count). The van der Waals surface area contributed by atoms with Crippen LogP contribution < -0.4 is 0 Å².